The summed E-state index contributed by atoms with van der Waals surface area (Å²) in [6, 6.07) is 3.81. The Labute approximate surface area is 83.2 Å². The number of hydrogen-bond acceptors (Lipinski definition) is 4. The predicted octanol–water partition coefficient (Wildman–Crippen LogP) is 0.426. The van der Waals surface area contributed by atoms with E-state index in [9.17, 15) is 9.50 Å². The number of rotatable bonds is 1. The molecule has 14 heavy (non-hydrogen) atoms. The molecular formula is C8H6BFO3S. The third-order valence-electron chi connectivity index (χ3n) is 1.90. The van der Waals surface area contributed by atoms with E-state index in [-0.39, 0.29) is 11.2 Å². The van der Waals surface area contributed by atoms with E-state index in [4.69, 9.17) is 10.0 Å². The molecule has 0 saturated heterocycles. The van der Waals surface area contributed by atoms with Gasteiger partial charge in [-0.05, 0) is 29.0 Å². The molecule has 0 unspecified atom stereocenters. The molecule has 0 aliphatic heterocycles. The maximum atomic E-state index is 12.9. The van der Waals surface area contributed by atoms with Gasteiger partial charge in [-0.15, -0.1) is 11.3 Å². The van der Waals surface area contributed by atoms with Crippen molar-refractivity contribution in [2.75, 3.05) is 0 Å². The molecule has 0 radical (unpaired) electrons. The zero-order chi connectivity index (χ0) is 10.3. The molecule has 0 bridgehead atoms. The number of phenolic OH excluding ortho intramolecular Hbond substituents is 1. The van der Waals surface area contributed by atoms with Gasteiger partial charge in [-0.2, -0.15) is 4.39 Å². The van der Waals surface area contributed by atoms with E-state index < -0.39 is 12.2 Å². The predicted molar refractivity (Wildman–Crippen MR) is 53.3 cm³/mol. The molecule has 2 aromatic rings. The molecule has 1 heterocycles. The third-order valence-corrected chi connectivity index (χ3v) is 2.77. The fraction of sp³-hybridized carbons (Fsp3) is 0. The highest BCUT2D eigenvalue weighted by molar-refractivity contribution is 7.17. The first-order valence-corrected chi connectivity index (χ1v) is 4.67. The third kappa shape index (κ3) is 1.47. The Bertz CT molecular complexity index is 483. The molecule has 3 N–H and O–H groups in total. The summed E-state index contributed by atoms with van der Waals surface area (Å²) < 4.78 is 13.4. The molecule has 1 aromatic carbocycles. The van der Waals surface area contributed by atoms with Gasteiger partial charge in [0.2, 0.25) is 0 Å². The van der Waals surface area contributed by atoms with Crippen molar-refractivity contribution in [2.45, 2.75) is 0 Å². The van der Waals surface area contributed by atoms with Crippen LogP contribution in [0, 0.1) is 5.13 Å². The lowest BCUT2D eigenvalue weighted by molar-refractivity contribution is 0.425. The molecular weight excluding hydrogens is 206 g/mol. The van der Waals surface area contributed by atoms with Gasteiger partial charge in [0.05, 0.1) is 0 Å². The summed E-state index contributed by atoms with van der Waals surface area (Å²) in [6.45, 7) is 0. The first kappa shape index (κ1) is 9.45. The van der Waals surface area contributed by atoms with Gasteiger partial charge in [-0.3, -0.25) is 0 Å². The maximum Gasteiger partial charge on any atom is 0.489 e. The van der Waals surface area contributed by atoms with Crippen molar-refractivity contribution in [2.24, 2.45) is 0 Å². The molecule has 0 saturated carbocycles. The van der Waals surface area contributed by atoms with Crippen LogP contribution in [0.1, 0.15) is 0 Å². The standard InChI is InChI=1S/C8H6BFO3S/c10-8-3-5-6(9(12)13)1-4(11)2-7(5)14-8/h1-3,11-13H. The van der Waals surface area contributed by atoms with Crippen LogP contribution in [-0.2, 0) is 0 Å². The largest absolute Gasteiger partial charge is 0.508 e. The maximum absolute atomic E-state index is 12.9. The van der Waals surface area contributed by atoms with Crippen LogP contribution in [0.15, 0.2) is 18.2 Å². The van der Waals surface area contributed by atoms with E-state index in [1.165, 1.54) is 18.2 Å². The van der Waals surface area contributed by atoms with Gasteiger partial charge in [0, 0.05) is 4.70 Å². The highest BCUT2D eigenvalue weighted by Crippen LogP contribution is 2.26. The number of thiophene rings is 1. The quantitative estimate of drug-likeness (QED) is 0.600. The van der Waals surface area contributed by atoms with Crippen molar-refractivity contribution < 1.29 is 19.5 Å². The SMILES string of the molecule is OB(O)c1cc(O)cc2sc(F)cc12. The Morgan fingerprint density at radius 3 is 2.57 bits per heavy atom. The molecule has 3 nitrogen and oxygen atoms in total. The lowest BCUT2D eigenvalue weighted by Crippen LogP contribution is -2.30. The zero-order valence-corrected chi connectivity index (χ0v) is 7.75. The van der Waals surface area contributed by atoms with E-state index >= 15 is 0 Å². The lowest BCUT2D eigenvalue weighted by atomic mass is 9.78. The van der Waals surface area contributed by atoms with Gasteiger partial charge in [0.1, 0.15) is 5.75 Å². The number of benzene rings is 1. The van der Waals surface area contributed by atoms with Gasteiger partial charge in [-0.25, -0.2) is 0 Å². The number of phenols is 1. The molecule has 0 aliphatic carbocycles. The molecule has 0 spiro atoms. The van der Waals surface area contributed by atoms with Crippen molar-refractivity contribution >= 4 is 34.0 Å². The van der Waals surface area contributed by atoms with Crippen molar-refractivity contribution in [1.82, 2.24) is 0 Å². The second kappa shape index (κ2) is 3.23. The van der Waals surface area contributed by atoms with Crippen LogP contribution < -0.4 is 5.46 Å². The van der Waals surface area contributed by atoms with Gasteiger partial charge < -0.3 is 15.2 Å². The van der Waals surface area contributed by atoms with Crippen LogP contribution in [0.4, 0.5) is 4.39 Å². The number of fused-ring (bicyclic) bond motifs is 1. The summed E-state index contributed by atoms with van der Waals surface area (Å²) in [6.07, 6.45) is 0. The second-order valence-corrected chi connectivity index (χ2v) is 3.90. The van der Waals surface area contributed by atoms with E-state index in [1.807, 2.05) is 0 Å². The van der Waals surface area contributed by atoms with E-state index in [1.54, 1.807) is 0 Å². The smallest absolute Gasteiger partial charge is 0.489 e. The molecule has 0 aliphatic rings. The van der Waals surface area contributed by atoms with Crippen LogP contribution in [-0.4, -0.2) is 22.3 Å². The molecule has 1 aromatic heterocycles. The normalized spacial score (nSPS) is 10.8. The Kier molecular flexibility index (Phi) is 2.18. The topological polar surface area (TPSA) is 60.7 Å². The van der Waals surface area contributed by atoms with Crippen LogP contribution in [0.2, 0.25) is 0 Å². The van der Waals surface area contributed by atoms with Crippen molar-refractivity contribution in [1.29, 1.82) is 0 Å². The Balaban J connectivity index is 2.79. The van der Waals surface area contributed by atoms with Gasteiger partial charge in [0.25, 0.3) is 0 Å². The second-order valence-electron chi connectivity index (χ2n) is 2.87. The van der Waals surface area contributed by atoms with Crippen LogP contribution in [0.3, 0.4) is 0 Å². The monoisotopic (exact) mass is 212 g/mol. The Hall–Kier alpha value is -1.11. The molecule has 2 rings (SSSR count). The highest BCUT2D eigenvalue weighted by atomic mass is 32.1. The molecule has 72 valence electrons. The first-order chi connectivity index (χ1) is 6.58. The van der Waals surface area contributed by atoms with Crippen molar-refractivity contribution in [3.63, 3.8) is 0 Å². The minimum absolute atomic E-state index is 0.109. The van der Waals surface area contributed by atoms with E-state index in [2.05, 4.69) is 0 Å². The fourth-order valence-corrected chi connectivity index (χ4v) is 2.19. The van der Waals surface area contributed by atoms with Gasteiger partial charge >= 0.3 is 7.12 Å². The van der Waals surface area contributed by atoms with Crippen molar-refractivity contribution in [3.05, 3.63) is 23.3 Å². The van der Waals surface area contributed by atoms with Crippen LogP contribution in [0.5, 0.6) is 5.75 Å². The Morgan fingerprint density at radius 1 is 1.21 bits per heavy atom. The fourth-order valence-electron chi connectivity index (χ4n) is 1.33. The average molecular weight is 212 g/mol. The highest BCUT2D eigenvalue weighted by Gasteiger charge is 2.17. The van der Waals surface area contributed by atoms with Crippen LogP contribution >= 0.6 is 11.3 Å². The first-order valence-electron chi connectivity index (χ1n) is 3.86. The lowest BCUT2D eigenvalue weighted by Gasteiger charge is -2.01. The zero-order valence-electron chi connectivity index (χ0n) is 6.94. The Morgan fingerprint density at radius 2 is 1.93 bits per heavy atom. The van der Waals surface area contributed by atoms with E-state index in [0.29, 0.717) is 10.1 Å². The minimum atomic E-state index is -1.71. The summed E-state index contributed by atoms with van der Waals surface area (Å²) in [4.78, 5) is 0. The molecule has 0 amide bonds. The van der Waals surface area contributed by atoms with Gasteiger partial charge in [0.15, 0.2) is 5.13 Å². The summed E-state index contributed by atoms with van der Waals surface area (Å²) in [5.41, 5.74) is 0.111. The summed E-state index contributed by atoms with van der Waals surface area (Å²) in [7, 11) is -1.71. The molecule has 6 heteroatoms. The average Bonchev–Trinajstić information content (AvgIpc) is 2.42. The molecule has 0 atom stereocenters. The molecule has 0 fully saturated rings. The van der Waals surface area contributed by atoms with Crippen LogP contribution in [0.25, 0.3) is 10.1 Å². The number of aromatic hydroxyl groups is 1. The summed E-state index contributed by atoms with van der Waals surface area (Å²) in [5, 5.41) is 27.2. The summed E-state index contributed by atoms with van der Waals surface area (Å²) in [5.74, 6) is -0.109. The van der Waals surface area contributed by atoms with E-state index in [0.717, 1.165) is 11.3 Å². The van der Waals surface area contributed by atoms with Crippen molar-refractivity contribution in [3.8, 4) is 5.75 Å². The number of halogens is 1. The summed E-state index contributed by atoms with van der Waals surface area (Å²) >= 11 is 0.849. The number of hydrogen-bond donors (Lipinski definition) is 3. The van der Waals surface area contributed by atoms with Gasteiger partial charge in [-0.1, -0.05) is 0 Å². The minimum Gasteiger partial charge on any atom is -0.508 e.